The van der Waals surface area contributed by atoms with Gasteiger partial charge in [0.15, 0.2) is 0 Å². The van der Waals surface area contributed by atoms with Gasteiger partial charge in [-0.25, -0.2) is 0 Å². The van der Waals surface area contributed by atoms with Crippen LogP contribution in [0.2, 0.25) is 5.02 Å². The van der Waals surface area contributed by atoms with E-state index in [9.17, 15) is 9.59 Å². The minimum atomic E-state index is -0.850. The zero-order valence-electron chi connectivity index (χ0n) is 11.8. The first-order valence-electron chi connectivity index (χ1n) is 6.91. The van der Waals surface area contributed by atoms with Crippen molar-refractivity contribution < 1.29 is 14.7 Å². The summed E-state index contributed by atoms with van der Waals surface area (Å²) < 4.78 is 0. The van der Waals surface area contributed by atoms with Crippen LogP contribution in [0.1, 0.15) is 24.0 Å². The van der Waals surface area contributed by atoms with Crippen molar-refractivity contribution in [3.05, 3.63) is 46.5 Å². The van der Waals surface area contributed by atoms with Gasteiger partial charge in [-0.3, -0.25) is 9.59 Å². The number of amides is 1. The molecule has 1 amide bonds. The molecule has 2 unspecified atom stereocenters. The fraction of sp³-hybridized carbons (Fsp3) is 0.375. The minimum absolute atomic E-state index is 0.0765. The molecule has 0 heterocycles. The van der Waals surface area contributed by atoms with Gasteiger partial charge >= 0.3 is 5.97 Å². The SMILES string of the molecule is Cc1ccc(CCC(=O)NC2C=CC(C(=O)O)C2)cc1Cl. The van der Waals surface area contributed by atoms with Gasteiger partial charge in [0.1, 0.15) is 0 Å². The van der Waals surface area contributed by atoms with Crippen LogP contribution in [0.4, 0.5) is 0 Å². The summed E-state index contributed by atoms with van der Waals surface area (Å²) in [5.74, 6) is -1.42. The third-order valence-electron chi connectivity index (χ3n) is 3.62. The van der Waals surface area contributed by atoms with Gasteiger partial charge in [0.05, 0.1) is 5.92 Å². The lowest BCUT2D eigenvalue weighted by Gasteiger charge is -2.12. The topological polar surface area (TPSA) is 66.4 Å². The van der Waals surface area contributed by atoms with E-state index in [1.54, 1.807) is 12.2 Å². The van der Waals surface area contributed by atoms with Crippen molar-refractivity contribution in [2.24, 2.45) is 5.92 Å². The fourth-order valence-electron chi connectivity index (χ4n) is 2.32. The smallest absolute Gasteiger partial charge is 0.310 e. The Kier molecular flexibility index (Phi) is 5.02. The van der Waals surface area contributed by atoms with Crippen molar-refractivity contribution in [3.63, 3.8) is 0 Å². The number of benzene rings is 1. The Morgan fingerprint density at radius 2 is 2.14 bits per heavy atom. The molecule has 0 aliphatic heterocycles. The summed E-state index contributed by atoms with van der Waals surface area (Å²) in [4.78, 5) is 22.7. The molecule has 1 aromatic carbocycles. The van der Waals surface area contributed by atoms with Crippen LogP contribution in [0.5, 0.6) is 0 Å². The van der Waals surface area contributed by atoms with Crippen molar-refractivity contribution in [1.82, 2.24) is 5.32 Å². The Balaban J connectivity index is 1.79. The van der Waals surface area contributed by atoms with E-state index < -0.39 is 11.9 Å². The second-order valence-corrected chi connectivity index (χ2v) is 5.73. The molecule has 4 nitrogen and oxygen atoms in total. The zero-order chi connectivity index (χ0) is 15.4. The summed E-state index contributed by atoms with van der Waals surface area (Å²) in [6, 6.07) is 5.59. The predicted octanol–water partition coefficient (Wildman–Crippen LogP) is 2.73. The highest BCUT2D eigenvalue weighted by Crippen LogP contribution is 2.19. The van der Waals surface area contributed by atoms with Crippen LogP contribution >= 0.6 is 11.6 Å². The summed E-state index contributed by atoms with van der Waals surface area (Å²) in [5, 5.41) is 12.4. The summed E-state index contributed by atoms with van der Waals surface area (Å²) >= 11 is 6.05. The highest BCUT2D eigenvalue weighted by atomic mass is 35.5. The number of hydrogen-bond donors (Lipinski definition) is 2. The van der Waals surface area contributed by atoms with E-state index in [4.69, 9.17) is 16.7 Å². The van der Waals surface area contributed by atoms with Crippen LogP contribution in [0, 0.1) is 12.8 Å². The number of halogens is 1. The van der Waals surface area contributed by atoms with Gasteiger partial charge in [-0.2, -0.15) is 0 Å². The maximum absolute atomic E-state index is 11.9. The molecule has 0 aromatic heterocycles. The van der Waals surface area contributed by atoms with Crippen LogP contribution in [0.15, 0.2) is 30.4 Å². The van der Waals surface area contributed by atoms with Crippen LogP contribution < -0.4 is 5.32 Å². The number of carboxylic acids is 1. The Hall–Kier alpha value is -1.81. The number of carbonyl (C=O) groups excluding carboxylic acids is 1. The van der Waals surface area contributed by atoms with Gasteiger partial charge < -0.3 is 10.4 Å². The van der Waals surface area contributed by atoms with E-state index in [0.29, 0.717) is 24.3 Å². The molecule has 0 bridgehead atoms. The van der Waals surface area contributed by atoms with Gasteiger partial charge in [-0.15, -0.1) is 0 Å². The molecule has 1 aliphatic carbocycles. The standard InChI is InChI=1S/C16H18ClNO3/c1-10-2-3-11(8-14(10)17)4-7-15(19)18-13-6-5-12(9-13)16(20)21/h2-3,5-6,8,12-13H,4,7,9H2,1H3,(H,18,19)(H,20,21). The molecule has 0 fully saturated rings. The Morgan fingerprint density at radius 1 is 1.38 bits per heavy atom. The number of aryl methyl sites for hydroxylation is 2. The quantitative estimate of drug-likeness (QED) is 0.822. The molecule has 5 heteroatoms. The van der Waals surface area contributed by atoms with Crippen LogP contribution in [-0.4, -0.2) is 23.0 Å². The number of carbonyl (C=O) groups is 2. The van der Waals surface area contributed by atoms with Crippen LogP contribution in [0.25, 0.3) is 0 Å². The van der Waals surface area contributed by atoms with Gasteiger partial charge in [-0.1, -0.05) is 35.9 Å². The molecular weight excluding hydrogens is 290 g/mol. The summed E-state index contributed by atoms with van der Waals surface area (Å²) in [6.07, 6.45) is 4.79. The van der Waals surface area contributed by atoms with E-state index in [-0.39, 0.29) is 11.9 Å². The largest absolute Gasteiger partial charge is 0.481 e. The first-order chi connectivity index (χ1) is 9.95. The van der Waals surface area contributed by atoms with E-state index >= 15 is 0 Å². The molecule has 1 aliphatic rings. The molecule has 0 saturated carbocycles. The second-order valence-electron chi connectivity index (χ2n) is 5.32. The zero-order valence-corrected chi connectivity index (χ0v) is 12.6. The average molecular weight is 308 g/mol. The third kappa shape index (κ3) is 4.33. The molecule has 2 rings (SSSR count). The van der Waals surface area contributed by atoms with Gasteiger partial charge in [0.25, 0.3) is 0 Å². The molecule has 0 spiro atoms. The maximum Gasteiger partial charge on any atom is 0.310 e. The van der Waals surface area contributed by atoms with Crippen LogP contribution in [-0.2, 0) is 16.0 Å². The number of hydrogen-bond acceptors (Lipinski definition) is 2. The van der Waals surface area contributed by atoms with Crippen molar-refractivity contribution in [3.8, 4) is 0 Å². The maximum atomic E-state index is 11.9. The molecule has 0 radical (unpaired) electrons. The number of nitrogens with one attached hydrogen (secondary N) is 1. The van der Waals surface area contributed by atoms with Crippen molar-refractivity contribution in [2.75, 3.05) is 0 Å². The normalized spacial score (nSPS) is 20.5. The van der Waals surface area contributed by atoms with Crippen molar-refractivity contribution >= 4 is 23.5 Å². The van der Waals surface area contributed by atoms with E-state index in [1.165, 1.54) is 0 Å². The highest BCUT2D eigenvalue weighted by molar-refractivity contribution is 6.31. The lowest BCUT2D eigenvalue weighted by molar-refractivity contribution is -0.140. The molecule has 112 valence electrons. The van der Waals surface area contributed by atoms with Crippen LogP contribution in [0.3, 0.4) is 0 Å². The van der Waals surface area contributed by atoms with Crippen molar-refractivity contribution in [2.45, 2.75) is 32.2 Å². The van der Waals surface area contributed by atoms with Gasteiger partial charge in [-0.05, 0) is 37.0 Å². The van der Waals surface area contributed by atoms with E-state index in [2.05, 4.69) is 5.32 Å². The van der Waals surface area contributed by atoms with E-state index in [0.717, 1.165) is 11.1 Å². The summed E-state index contributed by atoms with van der Waals surface area (Å²) in [7, 11) is 0. The van der Waals surface area contributed by atoms with E-state index in [1.807, 2.05) is 25.1 Å². The predicted molar refractivity (Wildman–Crippen MR) is 81.3 cm³/mol. The molecule has 2 atom stereocenters. The molecule has 0 saturated heterocycles. The molecular formula is C16H18ClNO3. The highest BCUT2D eigenvalue weighted by Gasteiger charge is 2.25. The second kappa shape index (κ2) is 6.76. The minimum Gasteiger partial charge on any atom is -0.481 e. The molecule has 21 heavy (non-hydrogen) atoms. The fourth-order valence-corrected chi connectivity index (χ4v) is 2.52. The summed E-state index contributed by atoms with van der Waals surface area (Å²) in [5.41, 5.74) is 2.03. The third-order valence-corrected chi connectivity index (χ3v) is 4.03. The van der Waals surface area contributed by atoms with Gasteiger partial charge in [0.2, 0.25) is 5.91 Å². The average Bonchev–Trinajstić information content (AvgIpc) is 2.89. The Morgan fingerprint density at radius 3 is 2.76 bits per heavy atom. The number of aliphatic carboxylic acids is 1. The number of carboxylic acid groups (broad SMARTS) is 1. The molecule has 1 aromatic rings. The lowest BCUT2D eigenvalue weighted by Crippen LogP contribution is -2.33. The lowest BCUT2D eigenvalue weighted by atomic mass is 10.1. The monoisotopic (exact) mass is 307 g/mol. The Labute approximate surface area is 128 Å². The summed E-state index contributed by atoms with van der Waals surface area (Å²) in [6.45, 7) is 1.93. The first-order valence-corrected chi connectivity index (χ1v) is 7.29. The number of rotatable bonds is 5. The first kappa shape index (κ1) is 15.6. The Bertz CT molecular complexity index is 583. The van der Waals surface area contributed by atoms with Gasteiger partial charge in [0, 0.05) is 17.5 Å². The van der Waals surface area contributed by atoms with Crippen molar-refractivity contribution in [1.29, 1.82) is 0 Å². The molecule has 2 N–H and O–H groups in total.